The van der Waals surface area contributed by atoms with Gasteiger partial charge in [-0.25, -0.2) is 4.99 Å². The molecule has 0 aliphatic carbocycles. The minimum Gasteiger partial charge on any atom is -0.382 e. The normalized spacial score (nSPS) is 18.2. The maximum Gasteiger partial charge on any atom is 0.329 e. The molecule has 1 fully saturated rings. The Kier molecular flexibility index (Phi) is 21.6. The first-order valence-corrected chi connectivity index (χ1v) is 18.4. The maximum absolute atomic E-state index is 10.1. The van der Waals surface area contributed by atoms with E-state index in [0.717, 1.165) is 37.0 Å². The first-order chi connectivity index (χ1) is 20.1. The van der Waals surface area contributed by atoms with Gasteiger partial charge in [-0.3, -0.25) is 5.41 Å². The number of hydrogen-bond acceptors (Lipinski definition) is 6. The molecule has 8 nitrogen and oxygen atoms in total. The van der Waals surface area contributed by atoms with Crippen molar-refractivity contribution >= 4 is 32.5 Å². The van der Waals surface area contributed by atoms with E-state index < -0.39 is 8.60 Å². The van der Waals surface area contributed by atoms with Gasteiger partial charge in [-0.2, -0.15) is 11.8 Å². The van der Waals surface area contributed by atoms with Gasteiger partial charge >= 0.3 is 8.60 Å². The van der Waals surface area contributed by atoms with E-state index in [4.69, 9.17) is 24.9 Å². The molecule has 5 N–H and O–H groups in total. The smallest absolute Gasteiger partial charge is 0.329 e. The summed E-state index contributed by atoms with van der Waals surface area (Å²) < 4.78 is 17.1. The number of aromatic amines is 1. The van der Waals surface area contributed by atoms with Crippen LogP contribution in [0.3, 0.4) is 0 Å². The summed E-state index contributed by atoms with van der Waals surface area (Å²) >= 11 is 1.98. The molecule has 0 aromatic carbocycles. The van der Waals surface area contributed by atoms with Crippen molar-refractivity contribution in [2.75, 3.05) is 24.7 Å². The molecule has 2 rings (SSSR count). The number of amidine groups is 1. The molecule has 0 saturated carbocycles. The van der Waals surface area contributed by atoms with Crippen LogP contribution in [0.5, 0.6) is 0 Å². The van der Waals surface area contributed by atoms with Crippen LogP contribution in [0, 0.1) is 5.41 Å². The topological polar surface area (TPSA) is 126 Å². The zero-order valence-electron chi connectivity index (χ0n) is 25.5. The van der Waals surface area contributed by atoms with Crippen molar-refractivity contribution < 1.29 is 18.7 Å². The van der Waals surface area contributed by atoms with Gasteiger partial charge in [0.15, 0.2) is 0 Å². The highest BCUT2D eigenvalue weighted by atomic mass is 32.2. The number of nitrogens with one attached hydrogen (secondary N) is 2. The number of aliphatic imine (C=N–C) groups is 1. The summed E-state index contributed by atoms with van der Waals surface area (Å²) in [4.78, 5) is 17.1. The van der Waals surface area contributed by atoms with Crippen molar-refractivity contribution in [2.45, 2.75) is 135 Å². The standard InChI is InChI=1S/C31H57N4O4PS/c1-2-3-4-5-6-7-8-9-10-11-12-13-14-15-16-23-41-24-17-22-37-40(36)38-25-27-18-21-30(39-27)28-19-20-29(35-28)31(33)34-26-32/h19-20,26-27,30,35-36H,2-18,21-25H2,1H3,(H3,32,33,34). The van der Waals surface area contributed by atoms with Gasteiger partial charge in [0.25, 0.3) is 0 Å². The Balaban J connectivity index is 1.32. The number of unbranched alkanes of at least 4 members (excludes halogenated alkanes) is 14. The molecule has 0 amide bonds. The Morgan fingerprint density at radius 1 is 0.976 bits per heavy atom. The van der Waals surface area contributed by atoms with Gasteiger partial charge in [-0.05, 0) is 49.3 Å². The van der Waals surface area contributed by atoms with E-state index in [2.05, 4.69) is 16.9 Å². The van der Waals surface area contributed by atoms with Crippen molar-refractivity contribution in [2.24, 2.45) is 10.7 Å². The summed E-state index contributed by atoms with van der Waals surface area (Å²) in [6.45, 7) is 3.12. The second-order valence-electron chi connectivity index (χ2n) is 11.1. The third kappa shape index (κ3) is 17.7. The monoisotopic (exact) mass is 612 g/mol. The van der Waals surface area contributed by atoms with E-state index in [-0.39, 0.29) is 18.0 Å². The molecule has 1 aromatic heterocycles. The number of nitrogens with zero attached hydrogens (tertiary/aromatic N) is 1. The van der Waals surface area contributed by atoms with Gasteiger partial charge in [0.1, 0.15) is 12.2 Å². The lowest BCUT2D eigenvalue weighted by atomic mass is 10.0. The summed E-state index contributed by atoms with van der Waals surface area (Å²) in [5.74, 6) is 2.55. The molecule has 0 radical (unpaired) electrons. The summed E-state index contributed by atoms with van der Waals surface area (Å²) in [7, 11) is -1.87. The molecule has 41 heavy (non-hydrogen) atoms. The van der Waals surface area contributed by atoms with Crippen LogP contribution >= 0.6 is 20.4 Å². The number of thioether (sulfide) groups is 1. The van der Waals surface area contributed by atoms with Crippen LogP contribution in [0.15, 0.2) is 17.1 Å². The van der Waals surface area contributed by atoms with E-state index >= 15 is 0 Å². The van der Waals surface area contributed by atoms with Gasteiger partial charge in [-0.15, -0.1) is 0 Å². The van der Waals surface area contributed by atoms with Crippen LogP contribution < -0.4 is 5.73 Å². The van der Waals surface area contributed by atoms with E-state index in [1.807, 2.05) is 23.9 Å². The van der Waals surface area contributed by atoms with Crippen molar-refractivity contribution in [3.63, 3.8) is 0 Å². The fraction of sp³-hybridized carbons (Fsp3) is 0.806. The summed E-state index contributed by atoms with van der Waals surface area (Å²) in [5.41, 5.74) is 7.42. The van der Waals surface area contributed by atoms with Gasteiger partial charge in [0.05, 0.1) is 31.1 Å². The molecule has 3 atom stereocenters. The van der Waals surface area contributed by atoms with E-state index in [1.54, 1.807) is 0 Å². The molecule has 2 heterocycles. The summed E-state index contributed by atoms with van der Waals surface area (Å²) in [5, 5.41) is 7.03. The molecule has 1 aliphatic heterocycles. The maximum atomic E-state index is 10.1. The average Bonchev–Trinajstić information content (AvgIpc) is 3.65. The molecular weight excluding hydrogens is 555 g/mol. The molecule has 1 aromatic rings. The van der Waals surface area contributed by atoms with Crippen LogP contribution in [0.1, 0.15) is 140 Å². The Morgan fingerprint density at radius 2 is 1.59 bits per heavy atom. The third-order valence-corrected chi connectivity index (χ3v) is 9.47. The Morgan fingerprint density at radius 3 is 2.22 bits per heavy atom. The predicted molar refractivity (Wildman–Crippen MR) is 175 cm³/mol. The van der Waals surface area contributed by atoms with Crippen molar-refractivity contribution in [1.82, 2.24) is 4.98 Å². The first-order valence-electron chi connectivity index (χ1n) is 16.1. The Labute approximate surface area is 254 Å². The lowest BCUT2D eigenvalue weighted by molar-refractivity contribution is 0.0112. The highest BCUT2D eigenvalue weighted by Crippen LogP contribution is 2.37. The van der Waals surface area contributed by atoms with Crippen LogP contribution in [0.25, 0.3) is 0 Å². The number of hydrogen-bond donors (Lipinski definition) is 4. The fourth-order valence-corrected chi connectivity index (χ4v) is 6.70. The first kappa shape index (κ1) is 36.2. The minimum atomic E-state index is -1.87. The minimum absolute atomic E-state index is 0.0717. The molecule has 1 saturated heterocycles. The van der Waals surface area contributed by atoms with E-state index in [9.17, 15) is 4.89 Å². The lowest BCUT2D eigenvalue weighted by Gasteiger charge is -2.15. The predicted octanol–water partition coefficient (Wildman–Crippen LogP) is 8.79. The van der Waals surface area contributed by atoms with Crippen molar-refractivity contribution in [3.8, 4) is 0 Å². The molecule has 236 valence electrons. The Hall–Kier alpha value is -0.960. The largest absolute Gasteiger partial charge is 0.382 e. The van der Waals surface area contributed by atoms with Crippen LogP contribution in [-0.2, 0) is 13.8 Å². The van der Waals surface area contributed by atoms with Gasteiger partial charge in [0.2, 0.25) is 0 Å². The van der Waals surface area contributed by atoms with E-state index in [0.29, 0.717) is 18.9 Å². The second kappa shape index (κ2) is 24.5. The Bertz CT molecular complexity index is 813. The number of rotatable bonds is 27. The average molecular weight is 613 g/mol. The summed E-state index contributed by atoms with van der Waals surface area (Å²) in [6, 6.07) is 3.76. The van der Waals surface area contributed by atoms with E-state index in [1.165, 1.54) is 102 Å². The highest BCUT2D eigenvalue weighted by Gasteiger charge is 2.28. The lowest BCUT2D eigenvalue weighted by Crippen LogP contribution is -2.15. The molecule has 0 bridgehead atoms. The molecule has 3 unspecified atom stereocenters. The number of ether oxygens (including phenoxy) is 1. The highest BCUT2D eigenvalue weighted by molar-refractivity contribution is 7.99. The van der Waals surface area contributed by atoms with Crippen LogP contribution in [0.2, 0.25) is 0 Å². The zero-order chi connectivity index (χ0) is 29.4. The van der Waals surface area contributed by atoms with Crippen LogP contribution in [-0.4, -0.2) is 52.9 Å². The van der Waals surface area contributed by atoms with Gasteiger partial charge in [0, 0.05) is 5.69 Å². The SMILES string of the molecule is CCCCCCCCCCCCCCCCCSCCCOP(O)OCC1CCC(c2ccc(C(N)=NC=N)[nH]2)O1. The zero-order valence-corrected chi connectivity index (χ0v) is 27.2. The fourth-order valence-electron chi connectivity index (χ4n) is 5.11. The molecular formula is C31H57N4O4PS. The number of aromatic nitrogens is 1. The second-order valence-corrected chi connectivity index (χ2v) is 13.3. The van der Waals surface area contributed by atoms with Gasteiger partial charge < -0.3 is 29.4 Å². The van der Waals surface area contributed by atoms with Crippen LogP contribution in [0.4, 0.5) is 0 Å². The van der Waals surface area contributed by atoms with Crippen molar-refractivity contribution in [3.05, 3.63) is 23.5 Å². The summed E-state index contributed by atoms with van der Waals surface area (Å²) in [6.07, 6.45) is 24.5. The molecule has 10 heteroatoms. The van der Waals surface area contributed by atoms with Crippen molar-refractivity contribution in [1.29, 1.82) is 5.41 Å². The quantitative estimate of drug-likeness (QED) is 0.0340. The third-order valence-electron chi connectivity index (χ3n) is 7.54. The molecule has 0 spiro atoms. The van der Waals surface area contributed by atoms with Gasteiger partial charge in [-0.1, -0.05) is 96.8 Å². The number of H-pyrrole nitrogens is 1. The molecule has 1 aliphatic rings. The number of nitrogens with two attached hydrogens (primary N) is 1.